The normalized spacial score (nSPS) is 20.2. The van der Waals surface area contributed by atoms with Crippen molar-refractivity contribution in [3.63, 3.8) is 0 Å². The molecule has 0 radical (unpaired) electrons. The zero-order chi connectivity index (χ0) is 13.8. The summed E-state index contributed by atoms with van der Waals surface area (Å²) in [5, 5.41) is 0. The summed E-state index contributed by atoms with van der Waals surface area (Å²) < 4.78 is 27.2. The van der Waals surface area contributed by atoms with Gasteiger partial charge in [-0.25, -0.2) is 8.78 Å². The molecule has 2 rings (SSSR count). The third-order valence-electron chi connectivity index (χ3n) is 3.74. The molecular weight excluding hydrogens is 248 g/mol. The lowest BCUT2D eigenvalue weighted by molar-refractivity contribution is 0.204. The molecule has 1 aliphatic rings. The van der Waals surface area contributed by atoms with Crippen LogP contribution in [0.15, 0.2) is 18.2 Å². The van der Waals surface area contributed by atoms with E-state index in [1.807, 2.05) is 0 Å². The molecule has 0 saturated carbocycles. The minimum atomic E-state index is -0.415. The smallest absolute Gasteiger partial charge is 0.128 e. The molecule has 1 aromatic carbocycles. The van der Waals surface area contributed by atoms with E-state index in [-0.39, 0.29) is 11.9 Å². The van der Waals surface area contributed by atoms with Gasteiger partial charge in [0, 0.05) is 31.7 Å². The minimum Gasteiger partial charge on any atom is -0.329 e. The fraction of sp³-hybridized carbons (Fsp3) is 0.571. The maximum atomic E-state index is 13.9. The van der Waals surface area contributed by atoms with Crippen LogP contribution in [-0.4, -0.2) is 49.6 Å². The van der Waals surface area contributed by atoms with Gasteiger partial charge in [-0.3, -0.25) is 4.90 Å². The van der Waals surface area contributed by atoms with Crippen molar-refractivity contribution < 1.29 is 8.78 Å². The first-order chi connectivity index (χ1) is 9.11. The molecule has 1 heterocycles. The highest BCUT2D eigenvalue weighted by Gasteiger charge is 2.24. The summed E-state index contributed by atoms with van der Waals surface area (Å²) in [5.41, 5.74) is 6.16. The Bertz CT molecular complexity index is 425. The predicted molar refractivity (Wildman–Crippen MR) is 71.8 cm³/mol. The molecule has 1 aromatic rings. The summed E-state index contributed by atoms with van der Waals surface area (Å²) in [6.45, 7) is 3.94. The van der Waals surface area contributed by atoms with Gasteiger partial charge in [0.1, 0.15) is 11.6 Å². The van der Waals surface area contributed by atoms with Gasteiger partial charge < -0.3 is 10.6 Å². The molecule has 1 fully saturated rings. The van der Waals surface area contributed by atoms with Crippen LogP contribution in [0, 0.1) is 11.6 Å². The van der Waals surface area contributed by atoms with Crippen molar-refractivity contribution in [2.75, 3.05) is 39.8 Å². The quantitative estimate of drug-likeness (QED) is 0.904. The van der Waals surface area contributed by atoms with Gasteiger partial charge in [-0.1, -0.05) is 0 Å². The highest BCUT2D eigenvalue weighted by Crippen LogP contribution is 2.24. The predicted octanol–water partition coefficient (Wildman–Crippen LogP) is 1.60. The molecule has 2 N–H and O–H groups in total. The zero-order valence-corrected chi connectivity index (χ0v) is 11.3. The number of hydrogen-bond acceptors (Lipinski definition) is 3. The first kappa shape index (κ1) is 14.4. The number of benzene rings is 1. The van der Waals surface area contributed by atoms with Gasteiger partial charge in [0.15, 0.2) is 0 Å². The Hall–Kier alpha value is -1.04. The van der Waals surface area contributed by atoms with Crippen molar-refractivity contribution in [2.24, 2.45) is 5.73 Å². The van der Waals surface area contributed by atoms with E-state index in [0.29, 0.717) is 12.1 Å². The summed E-state index contributed by atoms with van der Waals surface area (Å²) in [4.78, 5) is 4.40. The Kier molecular flexibility index (Phi) is 4.85. The van der Waals surface area contributed by atoms with Crippen molar-refractivity contribution in [3.8, 4) is 0 Å². The largest absolute Gasteiger partial charge is 0.329 e. The van der Waals surface area contributed by atoms with Gasteiger partial charge in [-0.05, 0) is 38.2 Å². The molecule has 106 valence electrons. The first-order valence-electron chi connectivity index (χ1n) is 6.69. The molecule has 0 spiro atoms. The highest BCUT2D eigenvalue weighted by molar-refractivity contribution is 5.23. The second kappa shape index (κ2) is 6.41. The Morgan fingerprint density at radius 1 is 1.21 bits per heavy atom. The Balaban J connectivity index is 2.21. The number of nitrogens with two attached hydrogens (primary N) is 1. The molecular formula is C14H21F2N3. The monoisotopic (exact) mass is 269 g/mol. The molecule has 1 saturated heterocycles. The van der Waals surface area contributed by atoms with E-state index in [9.17, 15) is 8.78 Å². The standard InChI is InChI=1S/C14H21F2N3/c1-18-5-2-6-19(8-7-18)14(10-17)12-9-11(15)3-4-13(12)16/h3-4,9,14H,2,5-8,10,17H2,1H3. The lowest BCUT2D eigenvalue weighted by atomic mass is 10.0. The molecule has 3 nitrogen and oxygen atoms in total. The molecule has 5 heteroatoms. The molecule has 1 aliphatic heterocycles. The Labute approximate surface area is 113 Å². The topological polar surface area (TPSA) is 32.5 Å². The van der Waals surface area contributed by atoms with E-state index in [1.54, 1.807) is 0 Å². The van der Waals surface area contributed by atoms with Crippen LogP contribution >= 0.6 is 0 Å². The van der Waals surface area contributed by atoms with Crippen molar-refractivity contribution in [3.05, 3.63) is 35.4 Å². The molecule has 0 bridgehead atoms. The fourth-order valence-electron chi connectivity index (χ4n) is 2.62. The van der Waals surface area contributed by atoms with E-state index < -0.39 is 5.82 Å². The van der Waals surface area contributed by atoms with Gasteiger partial charge in [0.2, 0.25) is 0 Å². The van der Waals surface area contributed by atoms with E-state index in [1.165, 1.54) is 12.1 Å². The third-order valence-corrected chi connectivity index (χ3v) is 3.74. The summed E-state index contributed by atoms with van der Waals surface area (Å²) in [7, 11) is 2.07. The van der Waals surface area contributed by atoms with Crippen molar-refractivity contribution in [2.45, 2.75) is 12.5 Å². The summed E-state index contributed by atoms with van der Waals surface area (Å²) >= 11 is 0. The first-order valence-corrected chi connectivity index (χ1v) is 6.69. The Morgan fingerprint density at radius 2 is 2.00 bits per heavy atom. The maximum Gasteiger partial charge on any atom is 0.128 e. The van der Waals surface area contributed by atoms with Gasteiger partial charge in [-0.2, -0.15) is 0 Å². The van der Waals surface area contributed by atoms with Gasteiger partial charge in [0.25, 0.3) is 0 Å². The van der Waals surface area contributed by atoms with Crippen molar-refractivity contribution in [1.82, 2.24) is 9.80 Å². The second-order valence-corrected chi connectivity index (χ2v) is 5.11. The average Bonchev–Trinajstić information content (AvgIpc) is 2.60. The molecule has 0 aromatic heterocycles. The number of hydrogen-bond donors (Lipinski definition) is 1. The fourth-order valence-corrected chi connectivity index (χ4v) is 2.62. The number of nitrogens with zero attached hydrogens (tertiary/aromatic N) is 2. The summed E-state index contributed by atoms with van der Waals surface area (Å²) in [6.07, 6.45) is 1.02. The van der Waals surface area contributed by atoms with Crippen LogP contribution in [0.2, 0.25) is 0 Å². The number of rotatable bonds is 3. The number of likely N-dealkylation sites (N-methyl/N-ethyl adjacent to an activating group) is 1. The van der Waals surface area contributed by atoms with E-state index in [2.05, 4.69) is 16.8 Å². The lowest BCUT2D eigenvalue weighted by Crippen LogP contribution is -2.37. The zero-order valence-electron chi connectivity index (χ0n) is 11.3. The van der Waals surface area contributed by atoms with Crippen LogP contribution in [-0.2, 0) is 0 Å². The van der Waals surface area contributed by atoms with Crippen LogP contribution in [0.3, 0.4) is 0 Å². The lowest BCUT2D eigenvalue weighted by Gasteiger charge is -2.30. The van der Waals surface area contributed by atoms with Crippen LogP contribution < -0.4 is 5.73 Å². The summed E-state index contributed by atoms with van der Waals surface area (Å²) in [5.74, 6) is -0.795. The molecule has 1 unspecified atom stereocenters. The highest BCUT2D eigenvalue weighted by atomic mass is 19.1. The Morgan fingerprint density at radius 3 is 2.74 bits per heavy atom. The van der Waals surface area contributed by atoms with Crippen LogP contribution in [0.25, 0.3) is 0 Å². The molecule has 19 heavy (non-hydrogen) atoms. The van der Waals surface area contributed by atoms with Gasteiger partial charge >= 0.3 is 0 Å². The van der Waals surface area contributed by atoms with E-state index in [0.717, 1.165) is 38.7 Å². The summed E-state index contributed by atoms with van der Waals surface area (Å²) in [6, 6.07) is 3.34. The molecule has 1 atom stereocenters. The third kappa shape index (κ3) is 3.49. The van der Waals surface area contributed by atoms with Gasteiger partial charge in [-0.15, -0.1) is 0 Å². The minimum absolute atomic E-state index is 0.248. The number of halogens is 2. The van der Waals surface area contributed by atoms with E-state index >= 15 is 0 Å². The van der Waals surface area contributed by atoms with Crippen molar-refractivity contribution >= 4 is 0 Å². The molecule has 0 amide bonds. The van der Waals surface area contributed by atoms with Gasteiger partial charge in [0.05, 0.1) is 6.04 Å². The van der Waals surface area contributed by atoms with Crippen LogP contribution in [0.5, 0.6) is 0 Å². The van der Waals surface area contributed by atoms with Crippen molar-refractivity contribution in [1.29, 1.82) is 0 Å². The second-order valence-electron chi connectivity index (χ2n) is 5.11. The maximum absolute atomic E-state index is 13.9. The van der Waals surface area contributed by atoms with E-state index in [4.69, 9.17) is 5.73 Å². The van der Waals surface area contributed by atoms with Crippen LogP contribution in [0.1, 0.15) is 18.0 Å². The average molecular weight is 269 g/mol. The SMILES string of the molecule is CN1CCCN(C(CN)c2cc(F)ccc2F)CC1. The molecule has 0 aliphatic carbocycles. The van der Waals surface area contributed by atoms with Crippen LogP contribution in [0.4, 0.5) is 8.78 Å².